The molecule has 0 aromatic heterocycles. The average Bonchev–Trinajstić information content (AvgIpc) is 2.28. The van der Waals surface area contributed by atoms with Crippen LogP contribution in [0.3, 0.4) is 0 Å². The van der Waals surface area contributed by atoms with Gasteiger partial charge in [0.05, 0.1) is 0 Å². The molecule has 1 heterocycles. The molecule has 0 aromatic rings. The van der Waals surface area contributed by atoms with Crippen molar-refractivity contribution < 1.29 is 4.79 Å². The number of ketones is 1. The van der Waals surface area contributed by atoms with Crippen molar-refractivity contribution in [2.24, 2.45) is 11.8 Å². The van der Waals surface area contributed by atoms with E-state index >= 15 is 0 Å². The predicted molar refractivity (Wildman–Crippen MR) is 68.5 cm³/mol. The van der Waals surface area contributed by atoms with E-state index in [1.807, 2.05) is 13.8 Å². The molecule has 0 aliphatic carbocycles. The predicted octanol–water partition coefficient (Wildman–Crippen LogP) is 3.11. The van der Waals surface area contributed by atoms with Crippen LogP contribution in [-0.4, -0.2) is 30.3 Å². The minimum Gasteiger partial charge on any atom is -0.303 e. The van der Waals surface area contributed by atoms with Crippen molar-refractivity contribution in [2.45, 2.75) is 52.9 Å². The van der Waals surface area contributed by atoms with Gasteiger partial charge in [0.15, 0.2) is 0 Å². The molecule has 16 heavy (non-hydrogen) atoms. The fourth-order valence-corrected chi connectivity index (χ4v) is 2.45. The lowest BCUT2D eigenvalue weighted by Gasteiger charge is -2.31. The summed E-state index contributed by atoms with van der Waals surface area (Å²) in [7, 11) is 0. The smallest absolute Gasteiger partial charge is 0.135 e. The van der Waals surface area contributed by atoms with Crippen molar-refractivity contribution in [3.05, 3.63) is 0 Å². The Hall–Kier alpha value is -0.370. The Labute approximate surface area is 100 Å². The number of piperidine rings is 1. The minimum atomic E-state index is 0.222. The Balaban J connectivity index is 2.15. The van der Waals surface area contributed by atoms with Crippen molar-refractivity contribution in [3.63, 3.8) is 0 Å². The third-order valence-corrected chi connectivity index (χ3v) is 3.69. The fourth-order valence-electron chi connectivity index (χ4n) is 2.45. The van der Waals surface area contributed by atoms with Gasteiger partial charge >= 0.3 is 0 Å². The van der Waals surface area contributed by atoms with Crippen molar-refractivity contribution >= 4 is 5.78 Å². The molecule has 0 atom stereocenters. The second-order valence-corrected chi connectivity index (χ2v) is 5.44. The molecule has 0 saturated carbocycles. The Bertz CT molecular complexity index is 205. The van der Waals surface area contributed by atoms with E-state index in [2.05, 4.69) is 11.8 Å². The third kappa shape index (κ3) is 4.65. The van der Waals surface area contributed by atoms with Crippen LogP contribution in [0.1, 0.15) is 52.9 Å². The summed E-state index contributed by atoms with van der Waals surface area (Å²) in [6.45, 7) is 9.99. The van der Waals surface area contributed by atoms with Gasteiger partial charge < -0.3 is 4.90 Å². The molecule has 0 bridgehead atoms. The molecule has 0 aromatic carbocycles. The lowest BCUT2D eigenvalue weighted by atomic mass is 9.90. The molecule has 0 unspecified atom stereocenters. The summed E-state index contributed by atoms with van der Waals surface area (Å²) >= 11 is 0. The molecule has 0 amide bonds. The zero-order valence-corrected chi connectivity index (χ0v) is 11.2. The van der Waals surface area contributed by atoms with Crippen LogP contribution in [-0.2, 0) is 4.79 Å². The summed E-state index contributed by atoms with van der Waals surface area (Å²) in [4.78, 5) is 14.1. The lowest BCUT2D eigenvalue weighted by molar-refractivity contribution is -0.122. The summed E-state index contributed by atoms with van der Waals surface area (Å²) in [5.41, 5.74) is 0. The van der Waals surface area contributed by atoms with Crippen LogP contribution in [0.5, 0.6) is 0 Å². The van der Waals surface area contributed by atoms with Crippen molar-refractivity contribution in [3.8, 4) is 0 Å². The number of rotatable bonds is 6. The van der Waals surface area contributed by atoms with Crippen molar-refractivity contribution in [2.75, 3.05) is 19.6 Å². The van der Waals surface area contributed by atoms with E-state index in [4.69, 9.17) is 0 Å². The summed E-state index contributed by atoms with van der Waals surface area (Å²) in [6.07, 6.45) is 5.78. The van der Waals surface area contributed by atoms with E-state index in [-0.39, 0.29) is 5.92 Å². The molecule has 1 fully saturated rings. The molecule has 94 valence electrons. The van der Waals surface area contributed by atoms with E-state index in [1.165, 1.54) is 38.9 Å². The van der Waals surface area contributed by atoms with Crippen LogP contribution in [0.4, 0.5) is 0 Å². The van der Waals surface area contributed by atoms with Crippen LogP contribution in [0, 0.1) is 11.8 Å². The Kier molecular flexibility index (Phi) is 6.04. The van der Waals surface area contributed by atoms with Crippen molar-refractivity contribution in [1.29, 1.82) is 0 Å². The SMILES string of the molecule is CCCN1CCC(CCC(=O)C(C)C)CC1. The fraction of sp³-hybridized carbons (Fsp3) is 0.929. The van der Waals surface area contributed by atoms with E-state index in [0.717, 1.165) is 18.8 Å². The first-order chi connectivity index (χ1) is 7.63. The number of Topliss-reactive ketones (excluding diaryl/α,β-unsaturated/α-hetero) is 1. The Morgan fingerprint density at radius 1 is 1.31 bits per heavy atom. The van der Waals surface area contributed by atoms with Crippen LogP contribution in [0.2, 0.25) is 0 Å². The highest BCUT2D eigenvalue weighted by atomic mass is 16.1. The summed E-state index contributed by atoms with van der Waals surface area (Å²) in [6, 6.07) is 0. The van der Waals surface area contributed by atoms with Gasteiger partial charge in [-0.1, -0.05) is 20.8 Å². The molecule has 0 N–H and O–H groups in total. The number of hydrogen-bond donors (Lipinski definition) is 0. The van der Waals surface area contributed by atoms with Gasteiger partial charge in [-0.05, 0) is 51.2 Å². The first-order valence-electron chi connectivity index (χ1n) is 6.88. The topological polar surface area (TPSA) is 20.3 Å². The largest absolute Gasteiger partial charge is 0.303 e. The van der Waals surface area contributed by atoms with Crippen LogP contribution in [0.25, 0.3) is 0 Å². The molecule has 1 rings (SSSR count). The second-order valence-electron chi connectivity index (χ2n) is 5.44. The monoisotopic (exact) mass is 225 g/mol. The van der Waals surface area contributed by atoms with Gasteiger partial charge in [-0.3, -0.25) is 4.79 Å². The maximum atomic E-state index is 11.5. The van der Waals surface area contributed by atoms with Gasteiger partial charge in [0, 0.05) is 12.3 Å². The van der Waals surface area contributed by atoms with Crippen LogP contribution < -0.4 is 0 Å². The third-order valence-electron chi connectivity index (χ3n) is 3.69. The summed E-state index contributed by atoms with van der Waals surface area (Å²) < 4.78 is 0. The zero-order chi connectivity index (χ0) is 12.0. The van der Waals surface area contributed by atoms with Crippen LogP contribution in [0.15, 0.2) is 0 Å². The average molecular weight is 225 g/mol. The minimum absolute atomic E-state index is 0.222. The van der Waals surface area contributed by atoms with Crippen LogP contribution >= 0.6 is 0 Å². The standard InChI is InChI=1S/C14H27NO/c1-4-9-15-10-7-13(8-11-15)5-6-14(16)12(2)3/h12-13H,4-11H2,1-3H3. The molecular weight excluding hydrogens is 198 g/mol. The maximum absolute atomic E-state index is 11.5. The van der Waals surface area contributed by atoms with Gasteiger partial charge in [0.25, 0.3) is 0 Å². The molecule has 2 heteroatoms. The van der Waals surface area contributed by atoms with E-state index in [9.17, 15) is 4.79 Å². The molecular formula is C14H27NO. The summed E-state index contributed by atoms with van der Waals surface area (Å²) in [5.74, 6) is 1.46. The summed E-state index contributed by atoms with van der Waals surface area (Å²) in [5, 5.41) is 0. The molecule has 0 radical (unpaired) electrons. The molecule has 0 spiro atoms. The van der Waals surface area contributed by atoms with Gasteiger partial charge in [0.2, 0.25) is 0 Å². The zero-order valence-electron chi connectivity index (χ0n) is 11.2. The Morgan fingerprint density at radius 2 is 1.94 bits per heavy atom. The van der Waals surface area contributed by atoms with Gasteiger partial charge in [-0.15, -0.1) is 0 Å². The van der Waals surface area contributed by atoms with Gasteiger partial charge in [0.1, 0.15) is 5.78 Å². The quantitative estimate of drug-likeness (QED) is 0.692. The number of likely N-dealkylation sites (tertiary alicyclic amines) is 1. The van der Waals surface area contributed by atoms with E-state index in [1.54, 1.807) is 0 Å². The molecule has 2 nitrogen and oxygen atoms in total. The highest BCUT2D eigenvalue weighted by Gasteiger charge is 2.19. The Morgan fingerprint density at radius 3 is 2.44 bits per heavy atom. The molecule has 1 aliphatic heterocycles. The van der Waals surface area contributed by atoms with Crippen molar-refractivity contribution in [1.82, 2.24) is 4.90 Å². The number of nitrogens with zero attached hydrogens (tertiary/aromatic N) is 1. The first kappa shape index (κ1) is 13.7. The molecule has 1 aliphatic rings. The number of carbonyl (C=O) groups excluding carboxylic acids is 1. The van der Waals surface area contributed by atoms with E-state index < -0.39 is 0 Å². The van der Waals surface area contributed by atoms with E-state index in [0.29, 0.717) is 5.78 Å². The normalized spacial score (nSPS) is 19.2. The molecule has 1 saturated heterocycles. The van der Waals surface area contributed by atoms with Gasteiger partial charge in [-0.25, -0.2) is 0 Å². The number of hydrogen-bond acceptors (Lipinski definition) is 2. The van der Waals surface area contributed by atoms with Gasteiger partial charge in [-0.2, -0.15) is 0 Å². The highest BCUT2D eigenvalue weighted by molar-refractivity contribution is 5.80. The lowest BCUT2D eigenvalue weighted by Crippen LogP contribution is -2.34. The maximum Gasteiger partial charge on any atom is 0.135 e. The highest BCUT2D eigenvalue weighted by Crippen LogP contribution is 2.22. The second kappa shape index (κ2) is 7.05. The first-order valence-corrected chi connectivity index (χ1v) is 6.88. The number of carbonyl (C=O) groups is 1.